The van der Waals surface area contributed by atoms with Crippen LogP contribution in [0.15, 0.2) is 73.7 Å². The van der Waals surface area contributed by atoms with Crippen LogP contribution in [0.2, 0.25) is 10.0 Å². The normalized spacial score (nSPS) is 16.9. The average molecular weight is 671 g/mol. The van der Waals surface area contributed by atoms with Gasteiger partial charge in [0.05, 0.1) is 42.7 Å². The fraction of sp³-hybridized carbons (Fsp3) is 0.333. The summed E-state index contributed by atoms with van der Waals surface area (Å²) in [5, 5.41) is 28.3. The van der Waals surface area contributed by atoms with Gasteiger partial charge in [0.25, 0.3) is 10.2 Å². The summed E-state index contributed by atoms with van der Waals surface area (Å²) in [6.07, 6.45) is 8.77. The highest BCUT2D eigenvalue weighted by molar-refractivity contribution is 6.35. The fourth-order valence-electron chi connectivity index (χ4n) is 4.39. The van der Waals surface area contributed by atoms with Crippen molar-refractivity contribution in [3.05, 3.63) is 110 Å². The first kappa shape index (κ1) is 36.7. The van der Waals surface area contributed by atoms with Crippen molar-refractivity contribution < 1.29 is 40.3 Å². The summed E-state index contributed by atoms with van der Waals surface area (Å²) in [5.41, 5.74) is 2.90. The molecule has 4 N–H and O–H groups in total. The molecule has 1 saturated heterocycles. The number of imidazole rings is 2. The molecule has 16 nitrogen and oxygen atoms in total. The molecule has 1 aliphatic heterocycles. The zero-order chi connectivity index (χ0) is 32.3. The van der Waals surface area contributed by atoms with E-state index < -0.39 is 16.0 Å². The van der Waals surface area contributed by atoms with Crippen molar-refractivity contribution in [2.45, 2.75) is 38.8 Å². The minimum atomic E-state index is -1.50. The first-order valence-electron chi connectivity index (χ1n) is 13.0. The topological polar surface area (TPSA) is 222 Å². The zero-order valence-electron chi connectivity index (χ0n) is 24.1. The van der Waals surface area contributed by atoms with Gasteiger partial charge >= 0.3 is 0 Å². The van der Waals surface area contributed by atoms with Gasteiger partial charge in [-0.3, -0.25) is 0 Å². The highest BCUT2D eigenvalue weighted by Gasteiger charge is 2.45. The van der Waals surface area contributed by atoms with Gasteiger partial charge in [0.1, 0.15) is 18.5 Å². The van der Waals surface area contributed by atoms with Crippen LogP contribution in [-0.4, -0.2) is 64.5 Å². The summed E-state index contributed by atoms with van der Waals surface area (Å²) in [7, 11) is 0. The van der Waals surface area contributed by atoms with Crippen LogP contribution in [0.4, 0.5) is 0 Å². The van der Waals surface area contributed by atoms with Crippen LogP contribution in [0.3, 0.4) is 0 Å². The monoisotopic (exact) mass is 670 g/mol. The standard InChI is InChI=1S/C27H28Cl2N4O3.2HNO3.H2O/c1-19(2)13-33-18-31-12-26(33)20-3-6-22(7-4-20)34-14-23-15-35-27(36-23,16-32-10-9-30-17-32)24-8-5-21(28)11-25(24)29;2*2-1(3)4;/h3-12,17-19,23H,13-16H2,1-2H3;2*(H,2,3,4);1H2/t23-,27-;;;/m1.../s1. The quantitative estimate of drug-likeness (QED) is 0.186. The molecular weight excluding hydrogens is 639 g/mol. The van der Waals surface area contributed by atoms with Crippen molar-refractivity contribution in [1.29, 1.82) is 0 Å². The molecule has 244 valence electrons. The van der Waals surface area contributed by atoms with E-state index >= 15 is 0 Å². The average Bonchev–Trinajstić information content (AvgIpc) is 3.70. The molecule has 2 aromatic heterocycles. The number of benzene rings is 2. The second-order valence-corrected chi connectivity index (χ2v) is 10.6. The predicted molar refractivity (Wildman–Crippen MR) is 160 cm³/mol. The molecule has 0 bridgehead atoms. The van der Waals surface area contributed by atoms with Crippen LogP contribution < -0.4 is 4.74 Å². The van der Waals surface area contributed by atoms with Crippen LogP contribution in [0.5, 0.6) is 5.75 Å². The SMILES string of the molecule is CC(C)Cn1cncc1-c1ccc(OC[C@@H]2CO[C@@](Cn3ccnc3)(c3ccc(Cl)cc3Cl)O2)cc1.O.O=[N+]([O-])O.O=[N+]([O-])O. The third-order valence-electron chi connectivity index (χ3n) is 6.01. The molecule has 0 aliphatic carbocycles. The predicted octanol–water partition coefficient (Wildman–Crippen LogP) is 4.54. The smallest absolute Gasteiger partial charge is 0.291 e. The maximum atomic E-state index is 8.36. The Morgan fingerprint density at radius 1 is 1.09 bits per heavy atom. The van der Waals surface area contributed by atoms with E-state index in [1.165, 1.54) is 0 Å². The Morgan fingerprint density at radius 2 is 1.76 bits per heavy atom. The van der Waals surface area contributed by atoms with E-state index in [-0.39, 0.29) is 11.6 Å². The van der Waals surface area contributed by atoms with E-state index in [9.17, 15) is 0 Å². The maximum absolute atomic E-state index is 8.36. The molecule has 3 heterocycles. The van der Waals surface area contributed by atoms with Crippen molar-refractivity contribution >= 4 is 23.2 Å². The van der Waals surface area contributed by atoms with Crippen molar-refractivity contribution in [2.24, 2.45) is 5.92 Å². The number of nitrogens with zero attached hydrogens (tertiary/aromatic N) is 6. The van der Waals surface area contributed by atoms with Crippen molar-refractivity contribution in [1.82, 2.24) is 19.1 Å². The number of ether oxygens (including phenoxy) is 3. The molecule has 0 saturated carbocycles. The van der Waals surface area contributed by atoms with Crippen LogP contribution in [-0.2, 0) is 28.4 Å². The summed E-state index contributed by atoms with van der Waals surface area (Å²) in [6, 6.07) is 13.3. The first-order chi connectivity index (χ1) is 20.9. The minimum Gasteiger partial charge on any atom is -0.491 e. The van der Waals surface area contributed by atoms with Gasteiger partial charge in [-0.1, -0.05) is 43.1 Å². The summed E-state index contributed by atoms with van der Waals surface area (Å²) < 4.78 is 22.8. The van der Waals surface area contributed by atoms with Gasteiger partial charge in [0.2, 0.25) is 5.79 Å². The molecular formula is C27H32Cl2N6O10. The Bertz CT molecular complexity index is 1480. The lowest BCUT2D eigenvalue weighted by atomic mass is 10.1. The van der Waals surface area contributed by atoms with E-state index in [0.29, 0.717) is 41.3 Å². The Morgan fingerprint density at radius 3 is 2.33 bits per heavy atom. The lowest BCUT2D eigenvalue weighted by Crippen LogP contribution is -2.34. The second kappa shape index (κ2) is 17.1. The maximum Gasteiger partial charge on any atom is 0.291 e. The van der Waals surface area contributed by atoms with Gasteiger partial charge in [-0.2, -0.15) is 0 Å². The summed E-state index contributed by atoms with van der Waals surface area (Å²) >= 11 is 12.7. The van der Waals surface area contributed by atoms with Crippen LogP contribution in [0.25, 0.3) is 11.3 Å². The fourth-order valence-corrected chi connectivity index (χ4v) is 4.94. The Kier molecular flexibility index (Phi) is 14.0. The lowest BCUT2D eigenvalue weighted by Gasteiger charge is -2.30. The first-order valence-corrected chi connectivity index (χ1v) is 13.8. The van der Waals surface area contributed by atoms with E-state index in [4.69, 9.17) is 68.1 Å². The van der Waals surface area contributed by atoms with E-state index in [2.05, 4.69) is 28.4 Å². The lowest BCUT2D eigenvalue weighted by molar-refractivity contribution is -0.742. The molecule has 1 aliphatic rings. The Balaban J connectivity index is 0.000000704. The van der Waals surface area contributed by atoms with Crippen molar-refractivity contribution in [2.75, 3.05) is 13.2 Å². The molecule has 2 atom stereocenters. The van der Waals surface area contributed by atoms with Crippen molar-refractivity contribution in [3.8, 4) is 17.0 Å². The molecule has 0 radical (unpaired) electrons. The molecule has 5 rings (SSSR count). The molecule has 45 heavy (non-hydrogen) atoms. The van der Waals surface area contributed by atoms with Crippen LogP contribution >= 0.6 is 23.2 Å². The van der Waals surface area contributed by atoms with E-state index in [1.54, 1.807) is 24.7 Å². The molecule has 4 aromatic rings. The van der Waals surface area contributed by atoms with Gasteiger partial charge < -0.3 is 39.2 Å². The van der Waals surface area contributed by atoms with Gasteiger partial charge in [-0.25, -0.2) is 9.97 Å². The van der Waals surface area contributed by atoms with Crippen molar-refractivity contribution in [3.63, 3.8) is 0 Å². The van der Waals surface area contributed by atoms with Crippen LogP contribution in [0, 0.1) is 26.1 Å². The highest BCUT2D eigenvalue weighted by Crippen LogP contribution is 2.40. The second-order valence-electron chi connectivity index (χ2n) is 9.80. The van der Waals surface area contributed by atoms with Gasteiger partial charge in [0, 0.05) is 35.1 Å². The van der Waals surface area contributed by atoms with E-state index in [0.717, 1.165) is 23.6 Å². The van der Waals surface area contributed by atoms with E-state index in [1.807, 2.05) is 53.6 Å². The van der Waals surface area contributed by atoms with Gasteiger partial charge in [-0.05, 0) is 42.3 Å². The molecule has 18 heteroatoms. The number of aromatic nitrogens is 4. The summed E-state index contributed by atoms with van der Waals surface area (Å²) in [5.74, 6) is 0.224. The molecule has 0 amide bonds. The molecule has 0 unspecified atom stereocenters. The largest absolute Gasteiger partial charge is 0.491 e. The molecule has 1 fully saturated rings. The Labute approximate surface area is 266 Å². The number of hydrogen-bond donors (Lipinski definition) is 2. The van der Waals surface area contributed by atoms with Gasteiger partial charge in [0.15, 0.2) is 0 Å². The third kappa shape index (κ3) is 11.2. The number of hydrogen-bond acceptors (Lipinski definition) is 9. The van der Waals surface area contributed by atoms with Crippen LogP contribution in [0.1, 0.15) is 19.4 Å². The zero-order valence-corrected chi connectivity index (χ0v) is 25.6. The molecule has 2 aromatic carbocycles. The van der Waals surface area contributed by atoms with Gasteiger partial charge in [-0.15, -0.1) is 20.2 Å². The number of halogens is 2. The minimum absolute atomic E-state index is 0. The highest BCUT2D eigenvalue weighted by atomic mass is 35.5. The summed E-state index contributed by atoms with van der Waals surface area (Å²) in [4.78, 5) is 25.2. The summed E-state index contributed by atoms with van der Waals surface area (Å²) in [6.45, 7) is 6.40. The molecule has 0 spiro atoms. The number of rotatable bonds is 9. The third-order valence-corrected chi connectivity index (χ3v) is 6.56. The Hall–Kier alpha value is -4.48.